The molecule has 0 amide bonds. The molecular weight excluding hydrogens is 755 g/mol. The second kappa shape index (κ2) is 14.7. The van der Waals surface area contributed by atoms with E-state index in [2.05, 4.69) is 173 Å². The Hall–Kier alpha value is -8.41. The first-order chi connectivity index (χ1) is 30.7. The Morgan fingerprint density at radius 3 is 1.26 bits per heavy atom. The standard InChI is InChI=1S/C57H37N5/c1-3-17-38(18-4-1)55-58-56(39-19-5-2-6-20-39)60-57(59-55)43-24-13-21-40(35-43)41-22-14-26-45(36-41)62-53-34-12-9-29-49(53)50-31-16-30-46(54(50)62)42-23-15-25-44(37-42)61-51-32-10-7-27-47(51)48-28-8-11-33-52(48)61/h1-37H. The van der Waals surface area contributed by atoms with Gasteiger partial charge < -0.3 is 9.13 Å². The lowest BCUT2D eigenvalue weighted by molar-refractivity contribution is 1.07. The first-order valence-corrected chi connectivity index (χ1v) is 20.9. The van der Waals surface area contributed by atoms with Crippen LogP contribution >= 0.6 is 0 Å². The molecule has 0 aliphatic heterocycles. The minimum absolute atomic E-state index is 0.630. The Bertz CT molecular complexity index is 3530. The number of rotatable bonds is 7. The van der Waals surface area contributed by atoms with Gasteiger partial charge in [0.2, 0.25) is 0 Å². The van der Waals surface area contributed by atoms with Gasteiger partial charge in [0.1, 0.15) is 0 Å². The van der Waals surface area contributed by atoms with E-state index in [9.17, 15) is 0 Å². The van der Waals surface area contributed by atoms with Gasteiger partial charge in [-0.25, -0.2) is 15.0 Å². The predicted octanol–water partition coefficient (Wildman–Crippen LogP) is 14.4. The molecule has 5 heteroatoms. The van der Waals surface area contributed by atoms with Crippen molar-refractivity contribution in [1.82, 2.24) is 24.1 Å². The first-order valence-electron chi connectivity index (χ1n) is 20.9. The quantitative estimate of drug-likeness (QED) is 0.162. The second-order valence-electron chi connectivity index (χ2n) is 15.6. The maximum atomic E-state index is 5.02. The smallest absolute Gasteiger partial charge is 0.164 e. The highest BCUT2D eigenvalue weighted by molar-refractivity contribution is 6.14. The van der Waals surface area contributed by atoms with Crippen molar-refractivity contribution in [2.75, 3.05) is 0 Å². The minimum atomic E-state index is 0.630. The summed E-state index contributed by atoms with van der Waals surface area (Å²) in [5, 5.41) is 4.94. The van der Waals surface area contributed by atoms with Crippen LogP contribution in [0.1, 0.15) is 0 Å². The maximum Gasteiger partial charge on any atom is 0.164 e. The van der Waals surface area contributed by atoms with Crippen molar-refractivity contribution in [3.63, 3.8) is 0 Å². The summed E-state index contributed by atoms with van der Waals surface area (Å²) in [6.07, 6.45) is 0. The number of fused-ring (bicyclic) bond motifs is 6. The molecule has 0 saturated heterocycles. The van der Waals surface area contributed by atoms with E-state index in [1.165, 1.54) is 43.7 Å². The van der Waals surface area contributed by atoms with Gasteiger partial charge in [-0.1, -0.05) is 176 Å². The van der Waals surface area contributed by atoms with Gasteiger partial charge in [-0.3, -0.25) is 0 Å². The summed E-state index contributed by atoms with van der Waals surface area (Å²) < 4.78 is 4.83. The van der Waals surface area contributed by atoms with Crippen LogP contribution in [0.4, 0.5) is 0 Å². The second-order valence-corrected chi connectivity index (χ2v) is 15.6. The molecule has 0 radical (unpaired) electrons. The third-order valence-electron chi connectivity index (χ3n) is 11.9. The van der Waals surface area contributed by atoms with E-state index in [1.807, 2.05) is 60.7 Å². The average Bonchev–Trinajstić information content (AvgIpc) is 3.88. The third kappa shape index (κ3) is 5.98. The van der Waals surface area contributed by atoms with Crippen molar-refractivity contribution in [3.05, 3.63) is 224 Å². The van der Waals surface area contributed by atoms with E-state index in [-0.39, 0.29) is 0 Å². The lowest BCUT2D eigenvalue weighted by atomic mass is 10.0. The largest absolute Gasteiger partial charge is 0.309 e. The van der Waals surface area contributed by atoms with Crippen molar-refractivity contribution in [2.24, 2.45) is 0 Å². The van der Waals surface area contributed by atoms with Gasteiger partial charge in [0.25, 0.3) is 0 Å². The van der Waals surface area contributed by atoms with Gasteiger partial charge in [-0.15, -0.1) is 0 Å². The highest BCUT2D eigenvalue weighted by atomic mass is 15.0. The summed E-state index contributed by atoms with van der Waals surface area (Å²) in [7, 11) is 0. The number of hydrogen-bond acceptors (Lipinski definition) is 3. The molecule has 5 nitrogen and oxygen atoms in total. The Kier molecular flexibility index (Phi) is 8.42. The molecular formula is C57H37N5. The van der Waals surface area contributed by atoms with Gasteiger partial charge in [0.05, 0.1) is 22.1 Å². The Morgan fingerprint density at radius 1 is 0.258 bits per heavy atom. The molecule has 0 aliphatic carbocycles. The summed E-state index contributed by atoms with van der Waals surface area (Å²) in [6.45, 7) is 0. The van der Waals surface area contributed by atoms with Crippen molar-refractivity contribution < 1.29 is 0 Å². The number of aromatic nitrogens is 5. The highest BCUT2D eigenvalue weighted by Gasteiger charge is 2.19. The molecule has 0 unspecified atom stereocenters. The Morgan fingerprint density at radius 2 is 0.645 bits per heavy atom. The van der Waals surface area contributed by atoms with E-state index < -0.39 is 0 Å². The van der Waals surface area contributed by atoms with Crippen LogP contribution in [0.25, 0.3) is 111 Å². The van der Waals surface area contributed by atoms with Gasteiger partial charge in [0.15, 0.2) is 17.5 Å². The highest BCUT2D eigenvalue weighted by Crippen LogP contribution is 2.40. The van der Waals surface area contributed by atoms with Crippen LogP contribution < -0.4 is 0 Å². The van der Waals surface area contributed by atoms with Crippen LogP contribution in [0.3, 0.4) is 0 Å². The normalized spacial score (nSPS) is 11.5. The molecule has 290 valence electrons. The molecule has 9 aromatic carbocycles. The summed E-state index contributed by atoms with van der Waals surface area (Å²) in [4.78, 5) is 15.0. The zero-order valence-corrected chi connectivity index (χ0v) is 33.6. The van der Waals surface area contributed by atoms with E-state index >= 15 is 0 Å². The molecule has 62 heavy (non-hydrogen) atoms. The minimum Gasteiger partial charge on any atom is -0.309 e. The zero-order valence-electron chi connectivity index (χ0n) is 33.6. The fourth-order valence-corrected chi connectivity index (χ4v) is 9.13. The number of hydrogen-bond donors (Lipinski definition) is 0. The third-order valence-corrected chi connectivity index (χ3v) is 11.9. The van der Waals surface area contributed by atoms with Crippen LogP contribution in [-0.4, -0.2) is 24.1 Å². The summed E-state index contributed by atoms with van der Waals surface area (Å²) >= 11 is 0. The summed E-state index contributed by atoms with van der Waals surface area (Å²) in [6, 6.07) is 79.4. The van der Waals surface area contributed by atoms with Gasteiger partial charge in [0, 0.05) is 55.2 Å². The molecule has 3 aromatic heterocycles. The van der Waals surface area contributed by atoms with Crippen LogP contribution in [-0.2, 0) is 0 Å². The SMILES string of the molecule is c1ccc(-c2nc(-c3ccccc3)nc(-c3cccc(-c4cccc(-n5c6ccccc6c6cccc(-c7cccc(-n8c9ccccc9c9ccccc98)c7)c65)c4)c3)n2)cc1. The van der Waals surface area contributed by atoms with Crippen LogP contribution in [0, 0.1) is 0 Å². The van der Waals surface area contributed by atoms with E-state index in [4.69, 9.17) is 15.0 Å². The van der Waals surface area contributed by atoms with Crippen molar-refractivity contribution in [3.8, 4) is 67.8 Å². The molecule has 0 aliphatic rings. The van der Waals surface area contributed by atoms with Crippen LogP contribution in [0.5, 0.6) is 0 Å². The molecule has 0 bridgehead atoms. The number of benzene rings is 9. The molecule has 0 N–H and O–H groups in total. The topological polar surface area (TPSA) is 48.5 Å². The average molecular weight is 792 g/mol. The van der Waals surface area contributed by atoms with E-state index in [0.717, 1.165) is 50.3 Å². The van der Waals surface area contributed by atoms with Crippen LogP contribution in [0.15, 0.2) is 224 Å². The van der Waals surface area contributed by atoms with Crippen molar-refractivity contribution >= 4 is 43.6 Å². The lowest BCUT2D eigenvalue weighted by Crippen LogP contribution is -2.00. The molecule has 12 rings (SSSR count). The van der Waals surface area contributed by atoms with E-state index in [0.29, 0.717) is 17.5 Å². The van der Waals surface area contributed by atoms with Gasteiger partial charge in [-0.05, 0) is 65.2 Å². The van der Waals surface area contributed by atoms with E-state index in [1.54, 1.807) is 0 Å². The molecule has 12 aromatic rings. The summed E-state index contributed by atoms with van der Waals surface area (Å²) in [5.74, 6) is 1.92. The molecule has 0 fully saturated rings. The molecule has 0 spiro atoms. The fourth-order valence-electron chi connectivity index (χ4n) is 9.13. The first kappa shape index (κ1) is 35.5. The predicted molar refractivity (Wildman–Crippen MR) is 256 cm³/mol. The molecule has 0 atom stereocenters. The number of para-hydroxylation sites is 4. The Labute approximate surface area is 358 Å². The molecule has 3 heterocycles. The van der Waals surface area contributed by atoms with Crippen molar-refractivity contribution in [2.45, 2.75) is 0 Å². The summed E-state index contributed by atoms with van der Waals surface area (Å²) in [5.41, 5.74) is 14.3. The number of nitrogens with zero attached hydrogens (tertiary/aromatic N) is 5. The fraction of sp³-hybridized carbons (Fsp3) is 0. The van der Waals surface area contributed by atoms with Crippen LogP contribution in [0.2, 0.25) is 0 Å². The lowest BCUT2D eigenvalue weighted by Gasteiger charge is -2.15. The maximum absolute atomic E-state index is 5.02. The van der Waals surface area contributed by atoms with Gasteiger partial charge >= 0.3 is 0 Å². The van der Waals surface area contributed by atoms with Gasteiger partial charge in [-0.2, -0.15) is 0 Å². The molecule has 0 saturated carbocycles. The monoisotopic (exact) mass is 791 g/mol. The zero-order chi connectivity index (χ0) is 41.0. The van der Waals surface area contributed by atoms with Crippen molar-refractivity contribution in [1.29, 1.82) is 0 Å². The Balaban J connectivity index is 0.996.